The molecule has 1 saturated heterocycles. The number of piperidine rings is 1. The van der Waals surface area contributed by atoms with Crippen LogP contribution in [0, 0.1) is 29.9 Å². The van der Waals surface area contributed by atoms with Crippen molar-refractivity contribution in [3.63, 3.8) is 0 Å². The topological polar surface area (TPSA) is 91.5 Å². The van der Waals surface area contributed by atoms with Gasteiger partial charge in [0.15, 0.2) is 0 Å². The third-order valence-corrected chi connectivity index (χ3v) is 6.87. The summed E-state index contributed by atoms with van der Waals surface area (Å²) in [6.07, 6.45) is 1.72. The van der Waals surface area contributed by atoms with Crippen LogP contribution in [0.3, 0.4) is 0 Å². The number of rotatable bonds is 8. The van der Waals surface area contributed by atoms with Crippen molar-refractivity contribution in [2.24, 2.45) is 5.92 Å². The lowest BCUT2D eigenvalue weighted by Crippen LogP contribution is -2.54. The van der Waals surface area contributed by atoms with Crippen LogP contribution in [0.5, 0.6) is 0 Å². The maximum absolute atomic E-state index is 11.7. The Labute approximate surface area is 200 Å². The van der Waals surface area contributed by atoms with E-state index in [-0.39, 0.29) is 28.7 Å². The Morgan fingerprint density at radius 3 is 2.29 bits per heavy atom. The molecule has 1 atom stereocenters. The van der Waals surface area contributed by atoms with E-state index in [9.17, 15) is 15.2 Å². The Bertz CT molecular complexity index is 1080. The molecule has 0 amide bonds. The van der Waals surface area contributed by atoms with Crippen molar-refractivity contribution >= 4 is 11.4 Å². The molecular formula is C27H32N4O3. The third kappa shape index (κ3) is 4.67. The minimum Gasteiger partial charge on any atom is -0.396 e. The van der Waals surface area contributed by atoms with Crippen molar-refractivity contribution in [3.05, 3.63) is 99.4 Å². The smallest absolute Gasteiger partial charge is 0.313 e. The molecule has 0 spiro atoms. The summed E-state index contributed by atoms with van der Waals surface area (Å²) >= 11 is 0. The SMILES string of the molecule is Cc1cc(NCCN2CCC(CO)CC2(c2ccccc2)c2ccccc2)c([N+](=O)[O-])c(C)n1. The number of nitrogens with zero attached hydrogens (tertiary/aromatic N) is 3. The molecule has 7 nitrogen and oxygen atoms in total. The molecular weight excluding hydrogens is 428 g/mol. The second kappa shape index (κ2) is 10.3. The number of pyridine rings is 1. The van der Waals surface area contributed by atoms with Gasteiger partial charge in [-0.25, -0.2) is 0 Å². The molecule has 7 heteroatoms. The van der Waals surface area contributed by atoms with Gasteiger partial charge in [0.25, 0.3) is 0 Å². The summed E-state index contributed by atoms with van der Waals surface area (Å²) in [6, 6.07) is 22.7. The number of aliphatic hydroxyl groups is 1. The van der Waals surface area contributed by atoms with Crippen LogP contribution in [0.25, 0.3) is 0 Å². The quantitative estimate of drug-likeness (QED) is 0.375. The largest absolute Gasteiger partial charge is 0.396 e. The summed E-state index contributed by atoms with van der Waals surface area (Å²) in [7, 11) is 0. The summed E-state index contributed by atoms with van der Waals surface area (Å²) in [6.45, 7) is 5.75. The van der Waals surface area contributed by atoms with Gasteiger partial charge >= 0.3 is 5.69 Å². The first-order valence-corrected chi connectivity index (χ1v) is 11.8. The van der Waals surface area contributed by atoms with Crippen molar-refractivity contribution in [3.8, 4) is 0 Å². The molecule has 1 unspecified atom stereocenters. The molecule has 1 aromatic heterocycles. The van der Waals surface area contributed by atoms with E-state index in [2.05, 4.69) is 63.7 Å². The molecule has 4 rings (SSSR count). The van der Waals surface area contributed by atoms with E-state index in [1.807, 2.05) is 19.1 Å². The number of aryl methyl sites for hydroxylation is 2. The zero-order valence-corrected chi connectivity index (χ0v) is 19.8. The number of nitro groups is 1. The number of hydrogen-bond donors (Lipinski definition) is 2. The van der Waals surface area contributed by atoms with Gasteiger partial charge in [0, 0.05) is 25.4 Å². The maximum atomic E-state index is 11.7. The van der Waals surface area contributed by atoms with Gasteiger partial charge in [-0.2, -0.15) is 0 Å². The lowest BCUT2D eigenvalue weighted by molar-refractivity contribution is -0.384. The van der Waals surface area contributed by atoms with E-state index in [0.717, 1.165) is 25.1 Å². The number of aromatic nitrogens is 1. The number of nitrogens with one attached hydrogen (secondary N) is 1. The number of anilines is 1. The van der Waals surface area contributed by atoms with Gasteiger partial charge in [0.05, 0.1) is 10.5 Å². The predicted octanol–water partition coefficient (Wildman–Crippen LogP) is 4.67. The molecule has 34 heavy (non-hydrogen) atoms. The predicted molar refractivity (Wildman–Crippen MR) is 134 cm³/mol. The summed E-state index contributed by atoms with van der Waals surface area (Å²) in [5.74, 6) is 0.205. The Morgan fingerprint density at radius 1 is 1.12 bits per heavy atom. The molecule has 2 aromatic carbocycles. The van der Waals surface area contributed by atoms with Gasteiger partial charge in [-0.15, -0.1) is 0 Å². The summed E-state index contributed by atoms with van der Waals surface area (Å²) in [4.78, 5) is 18.0. The lowest BCUT2D eigenvalue weighted by atomic mass is 9.71. The molecule has 2 N–H and O–H groups in total. The molecule has 1 aliphatic heterocycles. The number of hydrogen-bond acceptors (Lipinski definition) is 6. The molecule has 2 heterocycles. The van der Waals surface area contributed by atoms with Crippen molar-refractivity contribution in [1.29, 1.82) is 0 Å². The van der Waals surface area contributed by atoms with E-state index < -0.39 is 0 Å². The Balaban J connectivity index is 1.67. The molecule has 178 valence electrons. The number of aliphatic hydroxyl groups excluding tert-OH is 1. The Hall–Kier alpha value is -3.29. The van der Waals surface area contributed by atoms with E-state index in [4.69, 9.17) is 0 Å². The van der Waals surface area contributed by atoms with Crippen molar-refractivity contribution in [2.75, 3.05) is 31.6 Å². The van der Waals surface area contributed by atoms with Gasteiger partial charge < -0.3 is 10.4 Å². The normalized spacial score (nSPS) is 17.9. The summed E-state index contributed by atoms with van der Waals surface area (Å²) < 4.78 is 0. The minimum atomic E-state index is -0.383. The fourth-order valence-electron chi connectivity index (χ4n) is 5.34. The van der Waals surface area contributed by atoms with E-state index in [0.29, 0.717) is 24.5 Å². The standard InChI is InChI=1S/C27H32N4O3/c1-20-17-25(26(31(33)34)21(2)29-20)28-14-16-30-15-13-22(19-32)18-27(30,23-9-5-3-6-10-23)24-11-7-4-8-12-24/h3-12,17,22,32H,13-16,18-19H2,1-2H3,(H,28,29). The van der Waals surface area contributed by atoms with Crippen LogP contribution >= 0.6 is 0 Å². The second-order valence-electron chi connectivity index (χ2n) is 9.05. The zero-order valence-electron chi connectivity index (χ0n) is 19.8. The lowest BCUT2D eigenvalue weighted by Gasteiger charge is -2.50. The number of likely N-dealkylation sites (tertiary alicyclic amines) is 1. The molecule has 3 aromatic rings. The fourth-order valence-corrected chi connectivity index (χ4v) is 5.34. The molecule has 0 aliphatic carbocycles. The molecule has 0 bridgehead atoms. The monoisotopic (exact) mass is 460 g/mol. The van der Waals surface area contributed by atoms with Gasteiger partial charge in [-0.05, 0) is 56.3 Å². The second-order valence-corrected chi connectivity index (χ2v) is 9.05. The van der Waals surface area contributed by atoms with Crippen LogP contribution < -0.4 is 5.32 Å². The minimum absolute atomic E-state index is 0.0296. The van der Waals surface area contributed by atoms with Crippen molar-refractivity contribution in [1.82, 2.24) is 9.88 Å². The van der Waals surface area contributed by atoms with E-state index in [1.54, 1.807) is 13.0 Å². The van der Waals surface area contributed by atoms with E-state index in [1.165, 1.54) is 11.1 Å². The molecule has 0 saturated carbocycles. The first-order chi connectivity index (χ1) is 16.5. The van der Waals surface area contributed by atoms with Crippen LogP contribution in [-0.2, 0) is 5.54 Å². The van der Waals surface area contributed by atoms with Crippen molar-refractivity contribution < 1.29 is 10.0 Å². The first-order valence-electron chi connectivity index (χ1n) is 11.8. The maximum Gasteiger partial charge on any atom is 0.313 e. The highest BCUT2D eigenvalue weighted by molar-refractivity contribution is 5.64. The van der Waals surface area contributed by atoms with Crippen LogP contribution in [0.2, 0.25) is 0 Å². The van der Waals surface area contributed by atoms with Gasteiger partial charge in [-0.3, -0.25) is 20.0 Å². The van der Waals surface area contributed by atoms with Gasteiger partial charge in [0.1, 0.15) is 11.4 Å². The van der Waals surface area contributed by atoms with Gasteiger partial charge in [0.2, 0.25) is 0 Å². The third-order valence-electron chi connectivity index (χ3n) is 6.87. The first kappa shape index (κ1) is 23.9. The van der Waals surface area contributed by atoms with Crippen molar-refractivity contribution in [2.45, 2.75) is 32.2 Å². The zero-order chi connectivity index (χ0) is 24.1. The molecule has 1 fully saturated rings. The van der Waals surface area contributed by atoms with Crippen LogP contribution in [-0.4, -0.2) is 46.2 Å². The highest BCUT2D eigenvalue weighted by Crippen LogP contribution is 2.45. The van der Waals surface area contributed by atoms with Crippen LogP contribution in [0.15, 0.2) is 66.7 Å². The van der Waals surface area contributed by atoms with Crippen LogP contribution in [0.4, 0.5) is 11.4 Å². The van der Waals surface area contributed by atoms with Gasteiger partial charge in [-0.1, -0.05) is 60.7 Å². The number of benzene rings is 2. The Kier molecular flexibility index (Phi) is 7.24. The van der Waals surface area contributed by atoms with Crippen LogP contribution in [0.1, 0.15) is 35.4 Å². The average molecular weight is 461 g/mol. The fraction of sp³-hybridized carbons (Fsp3) is 0.370. The Morgan fingerprint density at radius 2 is 1.74 bits per heavy atom. The molecule has 0 radical (unpaired) electrons. The molecule has 1 aliphatic rings. The highest BCUT2D eigenvalue weighted by Gasteiger charge is 2.44. The highest BCUT2D eigenvalue weighted by atomic mass is 16.6. The average Bonchev–Trinajstić information content (AvgIpc) is 2.84. The summed E-state index contributed by atoms with van der Waals surface area (Å²) in [5.41, 5.74) is 3.71. The summed E-state index contributed by atoms with van der Waals surface area (Å²) in [5, 5.41) is 25.0. The van der Waals surface area contributed by atoms with E-state index >= 15 is 0 Å².